The molecule has 2 atom stereocenters. The number of Topliss-reactive ketones (excluding diaryl/α,β-unsaturated/α-hetero) is 1. The number of benzene rings is 4. The standard InChI is InChI=1S/C32H32N6O5.C31H31N7O5.C3H8.H2N.2W/c1-18(39)31(41)35-22-8-9-25-24(15-22)21(16-34-25)14-27(29(33)40)37-32(42)19-7-10-28-26(13-19)36-30(20-11-12-43-17-20)38(28)23-5-3-2-4-6-23;32-27(39)25(13-19-15-34-23-8-7-20(14-22(19)23)35-31(42)28(33)40)37-30(41)17-6-9-26-24(12-17)36-29(18-10-11-43-16-18)38(26)21-4-2-1-3-5-21;1-3-2;;;/h7-13,15-17,23,27,34H,2-6,14H2,1H3,(H2,33,40)(H,35,41)(H,37,42);6-12,14-16,21,25H,1-5,13H2,(H7,32,33,34,35,37,39,40,41,42);3H2,1-2H3;1H2;;/q;;;-1;;/p-1/t27-;25-;;;;/m00..../s1. The van der Waals surface area contributed by atoms with E-state index >= 15 is 0 Å². The molecular formula is C66H72N14O10W2-2. The van der Waals surface area contributed by atoms with Gasteiger partial charge in [0.05, 0.1) is 45.7 Å². The molecule has 0 radical (unpaired) electrons. The number of primary amides is 2. The number of aromatic amines is 2. The van der Waals surface area contributed by atoms with Gasteiger partial charge in [0.2, 0.25) is 17.6 Å². The first-order valence-electron chi connectivity index (χ1n) is 29.9. The van der Waals surface area contributed by atoms with Crippen molar-refractivity contribution in [3.8, 4) is 22.8 Å². The molecule has 13 N–H and O–H groups in total. The minimum Gasteiger partial charge on any atom is -0.693 e. The zero-order chi connectivity index (χ0) is 62.9. The third kappa shape index (κ3) is 16.1. The second kappa shape index (κ2) is 31.7. The number of furan rings is 2. The summed E-state index contributed by atoms with van der Waals surface area (Å²) in [7, 11) is 0. The van der Waals surface area contributed by atoms with Crippen LogP contribution in [0.4, 0.5) is 11.4 Å². The number of nitrogens with zero attached hydrogens (tertiary/aromatic N) is 4. The molecule has 6 aromatic heterocycles. The van der Waals surface area contributed by atoms with Crippen molar-refractivity contribution in [3.05, 3.63) is 157 Å². The summed E-state index contributed by atoms with van der Waals surface area (Å²) < 4.78 is 15.2. The van der Waals surface area contributed by atoms with E-state index in [0.29, 0.717) is 67.6 Å². The van der Waals surface area contributed by atoms with Crippen LogP contribution in [-0.4, -0.2) is 88.3 Å². The van der Waals surface area contributed by atoms with Gasteiger partial charge in [0.1, 0.15) is 42.2 Å². The zero-order valence-corrected chi connectivity index (χ0v) is 56.8. The summed E-state index contributed by atoms with van der Waals surface area (Å²) in [6, 6.07) is 23.1. The fourth-order valence-corrected chi connectivity index (χ4v) is 11.7. The summed E-state index contributed by atoms with van der Waals surface area (Å²) in [5.41, 5.74) is 27.7. The van der Waals surface area contributed by atoms with Gasteiger partial charge in [-0.15, -0.1) is 0 Å². The van der Waals surface area contributed by atoms with Crippen LogP contribution in [0.25, 0.3) is 78.5 Å². The molecule has 0 unspecified atom stereocenters. The Morgan fingerprint density at radius 1 is 0.587 bits per heavy atom. The number of carbonyl (C=O) groups excluding carboxylic acids is 8. The third-order valence-electron chi connectivity index (χ3n) is 16.1. The van der Waals surface area contributed by atoms with Crippen LogP contribution in [0.15, 0.2) is 131 Å². The topological polar surface area (TPSA) is 388 Å². The van der Waals surface area contributed by atoms with E-state index in [1.807, 2.05) is 24.3 Å². The van der Waals surface area contributed by atoms with Crippen LogP contribution in [0.5, 0.6) is 0 Å². The van der Waals surface area contributed by atoms with Crippen LogP contribution in [0, 0.1) is 0 Å². The van der Waals surface area contributed by atoms with Crippen molar-refractivity contribution in [1.29, 1.82) is 0 Å². The Hall–Kier alpha value is -9.24. The van der Waals surface area contributed by atoms with Gasteiger partial charge >= 0.3 is 0 Å². The minimum atomic E-state index is -1.36. The second-order valence-corrected chi connectivity index (χ2v) is 22.5. The van der Waals surface area contributed by atoms with Crippen LogP contribution in [0.2, 0.25) is 0 Å². The van der Waals surface area contributed by atoms with Crippen molar-refractivity contribution < 1.29 is 89.3 Å². The van der Waals surface area contributed by atoms with Gasteiger partial charge in [0, 0.05) is 131 Å². The van der Waals surface area contributed by atoms with Crippen LogP contribution in [0.3, 0.4) is 0 Å². The van der Waals surface area contributed by atoms with E-state index in [0.717, 1.165) is 96.1 Å². The maximum atomic E-state index is 13.4. The molecule has 2 fully saturated rings. The van der Waals surface area contributed by atoms with Crippen LogP contribution >= 0.6 is 0 Å². The fraction of sp³-hybridized carbons (Fsp3) is 0.303. The Morgan fingerprint density at radius 3 is 1.35 bits per heavy atom. The van der Waals surface area contributed by atoms with E-state index in [-0.39, 0.29) is 61.1 Å². The van der Waals surface area contributed by atoms with Crippen molar-refractivity contribution in [2.24, 2.45) is 11.5 Å². The van der Waals surface area contributed by atoms with Gasteiger partial charge in [-0.2, -0.15) is 0 Å². The molecule has 4 aromatic carbocycles. The molecule has 2 aliphatic rings. The van der Waals surface area contributed by atoms with E-state index in [1.165, 1.54) is 26.2 Å². The Kier molecular flexibility index (Phi) is 24.2. The Labute approximate surface area is 557 Å². The van der Waals surface area contributed by atoms with Crippen LogP contribution in [-0.2, 0) is 83.7 Å². The number of amides is 7. The summed E-state index contributed by atoms with van der Waals surface area (Å²) in [5, 5.41) is 11.9. The Bertz CT molecular complexity index is 4000. The van der Waals surface area contributed by atoms with E-state index in [9.17, 15) is 38.4 Å². The van der Waals surface area contributed by atoms with Gasteiger partial charge < -0.3 is 77.3 Å². The molecule has 2 aliphatic carbocycles. The van der Waals surface area contributed by atoms with Crippen molar-refractivity contribution in [2.75, 3.05) is 10.6 Å². The summed E-state index contributed by atoms with van der Waals surface area (Å²) in [5.74, 6) is -4.46. The summed E-state index contributed by atoms with van der Waals surface area (Å²) in [6.45, 7) is 5.44. The third-order valence-corrected chi connectivity index (χ3v) is 16.1. The average Bonchev–Trinajstić information content (AvgIpc) is 1.65. The SMILES string of the molecule is CC(=O)C(=O)Nc1ccc2[nH]cc(C[C@H](NC(=O)c3ccc4c(c3)nc(-c3ccoc3)n4C3CCCCC3)C(N)=O)c2c1.CCC.[NH-]C(=O)C(=O)Nc1ccc2[nH]cc(C[C@H](NC(=O)c3ccc4c(c3)nc(-c3ccoc3)n4C3CCCCC3)C(N)=O)c2c1.[NH2-].[W].[W]. The van der Waals surface area contributed by atoms with Gasteiger partial charge in [-0.3, -0.25) is 33.6 Å². The smallest absolute Gasteiger partial charge is 0.291 e. The Morgan fingerprint density at radius 2 is 0.989 bits per heavy atom. The predicted molar refractivity (Wildman–Crippen MR) is 343 cm³/mol. The van der Waals surface area contributed by atoms with Gasteiger partial charge in [-0.25, -0.2) is 9.97 Å². The number of nitrogens with two attached hydrogens (primary N) is 3. The summed E-state index contributed by atoms with van der Waals surface area (Å²) >= 11 is 0. The number of fused-ring (bicyclic) bond motifs is 4. The van der Waals surface area contributed by atoms with Gasteiger partial charge in [-0.1, -0.05) is 58.8 Å². The molecule has 10 aromatic rings. The average molecular weight is 1590 g/mol. The monoisotopic (exact) mass is 1590 g/mol. The van der Waals surface area contributed by atoms with Crippen molar-refractivity contribution >= 4 is 102 Å². The molecule has 0 saturated heterocycles. The van der Waals surface area contributed by atoms with Gasteiger partial charge in [0.15, 0.2) is 0 Å². The molecule has 0 spiro atoms. The van der Waals surface area contributed by atoms with Crippen molar-refractivity contribution in [1.82, 2.24) is 39.7 Å². The molecule has 0 bridgehead atoms. The molecule has 24 nitrogen and oxygen atoms in total. The molecule has 6 heterocycles. The van der Waals surface area contributed by atoms with E-state index in [2.05, 4.69) is 54.2 Å². The first-order chi connectivity index (χ1) is 43.0. The maximum Gasteiger partial charge on any atom is 0.291 e. The van der Waals surface area contributed by atoms with Gasteiger partial charge in [0.25, 0.3) is 23.6 Å². The number of rotatable bonds is 17. The molecule has 12 rings (SSSR count). The van der Waals surface area contributed by atoms with Crippen molar-refractivity contribution in [3.63, 3.8) is 0 Å². The van der Waals surface area contributed by atoms with E-state index in [1.54, 1.807) is 98.1 Å². The van der Waals surface area contributed by atoms with E-state index in [4.69, 9.17) is 36.0 Å². The molecule has 2 saturated carbocycles. The first-order valence-corrected chi connectivity index (χ1v) is 29.9. The number of nitrogens with one attached hydrogen (secondary N) is 7. The molecule has 480 valence electrons. The van der Waals surface area contributed by atoms with Crippen molar-refractivity contribution in [2.45, 2.75) is 128 Å². The number of aromatic nitrogens is 6. The quantitative estimate of drug-likeness (QED) is 0.0394. The maximum absolute atomic E-state index is 13.4. The van der Waals surface area contributed by atoms with Gasteiger partial charge in [-0.05, 0) is 122 Å². The number of ketones is 1. The predicted octanol–water partition coefficient (Wildman–Crippen LogP) is 11.4. The number of hydrogen-bond donors (Lipinski definition) is 8. The number of anilines is 2. The summed E-state index contributed by atoms with van der Waals surface area (Å²) in [6.07, 6.45) is 22.8. The number of hydrogen-bond acceptors (Lipinski definition) is 12. The van der Waals surface area contributed by atoms with E-state index < -0.39 is 59.2 Å². The molecule has 0 aliphatic heterocycles. The number of carbonyl (C=O) groups is 8. The number of H-pyrrole nitrogens is 2. The molecule has 92 heavy (non-hydrogen) atoms. The largest absolute Gasteiger partial charge is 0.693 e. The minimum absolute atomic E-state index is 0. The molecule has 26 heteroatoms. The van der Waals surface area contributed by atoms with Crippen LogP contribution in [0.1, 0.15) is 135 Å². The summed E-state index contributed by atoms with van der Waals surface area (Å²) in [4.78, 5) is 114. The normalized spacial score (nSPS) is 13.8. The Balaban J connectivity index is 0.000000243. The fourth-order valence-electron chi connectivity index (χ4n) is 11.7. The number of imidazole rings is 2. The zero-order valence-electron chi connectivity index (χ0n) is 51.0. The second-order valence-electron chi connectivity index (χ2n) is 22.5. The molecule has 7 amide bonds. The molecular weight excluding hydrogens is 1520 g/mol. The first kappa shape index (κ1) is 70.2. The van der Waals surface area contributed by atoms with Crippen LogP contribution < -0.4 is 32.7 Å².